The summed E-state index contributed by atoms with van der Waals surface area (Å²) in [6, 6.07) is 11.0. The van der Waals surface area contributed by atoms with Gasteiger partial charge in [0.2, 0.25) is 5.88 Å². The van der Waals surface area contributed by atoms with Crippen molar-refractivity contribution in [1.29, 1.82) is 0 Å². The Labute approximate surface area is 110 Å². The number of rotatable bonds is 3. The van der Waals surface area contributed by atoms with Crippen LogP contribution in [0.5, 0.6) is 5.88 Å². The first kappa shape index (κ1) is 12.3. The van der Waals surface area contributed by atoms with Crippen LogP contribution in [0, 0.1) is 0 Å². The highest BCUT2D eigenvalue weighted by molar-refractivity contribution is 9.10. The quantitative estimate of drug-likeness (QED) is 0.874. The molecule has 0 bridgehead atoms. The highest BCUT2D eigenvalue weighted by atomic mass is 79.9. The molecular formula is C12H10BrNO2S. The van der Waals surface area contributed by atoms with Crippen molar-refractivity contribution < 1.29 is 8.95 Å². The predicted molar refractivity (Wildman–Crippen MR) is 69.6 cm³/mol. The summed E-state index contributed by atoms with van der Waals surface area (Å²) >= 11 is 3.31. The first-order valence-corrected chi connectivity index (χ1v) is 6.83. The van der Waals surface area contributed by atoms with Crippen molar-refractivity contribution in [3.05, 3.63) is 47.1 Å². The first-order valence-electron chi connectivity index (χ1n) is 4.88. The Morgan fingerprint density at radius 3 is 2.65 bits per heavy atom. The Morgan fingerprint density at radius 2 is 2.00 bits per heavy atom. The highest BCUT2D eigenvalue weighted by Crippen LogP contribution is 2.26. The Bertz CT molecular complexity index is 545. The SMILES string of the molecule is COc1ncc(Br)cc1S(=O)c1ccccc1. The Balaban J connectivity index is 2.47. The molecule has 1 heterocycles. The van der Waals surface area contributed by atoms with Crippen molar-refractivity contribution in [3.8, 4) is 5.88 Å². The summed E-state index contributed by atoms with van der Waals surface area (Å²) in [7, 11) is 0.230. The molecular weight excluding hydrogens is 302 g/mol. The van der Waals surface area contributed by atoms with Gasteiger partial charge in [0.15, 0.2) is 0 Å². The van der Waals surface area contributed by atoms with Crippen LogP contribution in [0.15, 0.2) is 56.9 Å². The molecule has 0 spiro atoms. The maximum atomic E-state index is 12.3. The molecule has 0 aliphatic carbocycles. The van der Waals surface area contributed by atoms with E-state index >= 15 is 0 Å². The van der Waals surface area contributed by atoms with E-state index in [1.807, 2.05) is 30.3 Å². The van der Waals surface area contributed by atoms with Crippen molar-refractivity contribution in [2.24, 2.45) is 0 Å². The smallest absolute Gasteiger partial charge is 0.230 e. The number of pyridine rings is 1. The van der Waals surface area contributed by atoms with Gasteiger partial charge in [-0.2, -0.15) is 0 Å². The van der Waals surface area contributed by atoms with Gasteiger partial charge in [0.05, 0.1) is 17.9 Å². The lowest BCUT2D eigenvalue weighted by atomic mass is 10.4. The molecule has 3 nitrogen and oxygen atoms in total. The summed E-state index contributed by atoms with van der Waals surface area (Å²) in [5.74, 6) is 0.385. The molecule has 0 fully saturated rings. The Kier molecular flexibility index (Phi) is 3.91. The average Bonchev–Trinajstić information content (AvgIpc) is 2.39. The molecule has 0 radical (unpaired) electrons. The largest absolute Gasteiger partial charge is 0.480 e. The number of nitrogens with zero attached hydrogens (tertiary/aromatic N) is 1. The van der Waals surface area contributed by atoms with Gasteiger partial charge in [-0.25, -0.2) is 9.19 Å². The van der Waals surface area contributed by atoms with Gasteiger partial charge >= 0.3 is 0 Å². The van der Waals surface area contributed by atoms with Crippen molar-refractivity contribution in [2.75, 3.05) is 7.11 Å². The molecule has 0 aliphatic rings. The summed E-state index contributed by atoms with van der Waals surface area (Å²) in [6.07, 6.45) is 1.62. The van der Waals surface area contributed by atoms with E-state index in [2.05, 4.69) is 20.9 Å². The average molecular weight is 312 g/mol. The summed E-state index contributed by atoms with van der Waals surface area (Å²) in [5.41, 5.74) is 0. The first-order chi connectivity index (χ1) is 8.22. The van der Waals surface area contributed by atoms with Gasteiger partial charge in [0, 0.05) is 15.6 Å². The Morgan fingerprint density at radius 1 is 1.29 bits per heavy atom. The zero-order valence-corrected chi connectivity index (χ0v) is 11.5. The minimum absolute atomic E-state index is 0.385. The molecule has 0 N–H and O–H groups in total. The number of benzene rings is 1. The topological polar surface area (TPSA) is 39.2 Å². The molecule has 0 saturated carbocycles. The molecule has 1 aromatic carbocycles. The normalized spacial score (nSPS) is 12.1. The lowest BCUT2D eigenvalue weighted by molar-refractivity contribution is 0.386. The van der Waals surface area contributed by atoms with E-state index in [1.54, 1.807) is 12.3 Å². The van der Waals surface area contributed by atoms with E-state index in [0.717, 1.165) is 9.37 Å². The van der Waals surface area contributed by atoms with Gasteiger partial charge in [0.25, 0.3) is 0 Å². The standard InChI is InChI=1S/C12H10BrNO2S/c1-16-12-11(7-9(13)8-14-12)17(15)10-5-3-2-4-6-10/h2-8H,1H3. The number of ether oxygens (including phenoxy) is 1. The minimum atomic E-state index is -1.29. The lowest BCUT2D eigenvalue weighted by Crippen LogP contribution is -1.99. The molecule has 5 heteroatoms. The second kappa shape index (κ2) is 5.42. The summed E-state index contributed by atoms with van der Waals surface area (Å²) in [6.45, 7) is 0. The molecule has 1 aromatic heterocycles. The molecule has 88 valence electrons. The van der Waals surface area contributed by atoms with Crippen LogP contribution in [0.3, 0.4) is 0 Å². The predicted octanol–water partition coefficient (Wildman–Crippen LogP) is 3.02. The fraction of sp³-hybridized carbons (Fsp3) is 0.0833. The zero-order chi connectivity index (χ0) is 12.3. The fourth-order valence-electron chi connectivity index (χ4n) is 1.37. The highest BCUT2D eigenvalue weighted by Gasteiger charge is 2.14. The summed E-state index contributed by atoms with van der Waals surface area (Å²) < 4.78 is 18.2. The van der Waals surface area contributed by atoms with Gasteiger partial charge in [0.1, 0.15) is 4.90 Å². The lowest BCUT2D eigenvalue weighted by Gasteiger charge is -2.07. The van der Waals surface area contributed by atoms with E-state index in [0.29, 0.717) is 10.8 Å². The third-order valence-electron chi connectivity index (χ3n) is 2.14. The van der Waals surface area contributed by atoms with E-state index < -0.39 is 10.8 Å². The van der Waals surface area contributed by atoms with E-state index in [4.69, 9.17) is 4.74 Å². The van der Waals surface area contributed by atoms with Crippen LogP contribution in [0.2, 0.25) is 0 Å². The van der Waals surface area contributed by atoms with Crippen molar-refractivity contribution in [3.63, 3.8) is 0 Å². The van der Waals surface area contributed by atoms with Crippen molar-refractivity contribution >= 4 is 26.7 Å². The van der Waals surface area contributed by atoms with Crippen molar-refractivity contribution in [1.82, 2.24) is 4.98 Å². The summed E-state index contributed by atoms with van der Waals surface area (Å²) in [5, 5.41) is 0. The van der Waals surface area contributed by atoms with Crippen LogP contribution < -0.4 is 4.74 Å². The molecule has 1 unspecified atom stereocenters. The van der Waals surface area contributed by atoms with E-state index in [1.165, 1.54) is 7.11 Å². The fourth-order valence-corrected chi connectivity index (χ4v) is 3.04. The molecule has 1 atom stereocenters. The van der Waals surface area contributed by atoms with Gasteiger partial charge in [-0.3, -0.25) is 0 Å². The van der Waals surface area contributed by atoms with Crippen LogP contribution in [0.25, 0.3) is 0 Å². The van der Waals surface area contributed by atoms with Gasteiger partial charge in [-0.05, 0) is 34.1 Å². The zero-order valence-electron chi connectivity index (χ0n) is 9.09. The molecule has 0 saturated heterocycles. The van der Waals surface area contributed by atoms with E-state index in [9.17, 15) is 4.21 Å². The second-order valence-corrected chi connectivity index (χ2v) is 5.61. The monoisotopic (exact) mass is 311 g/mol. The van der Waals surface area contributed by atoms with E-state index in [-0.39, 0.29) is 0 Å². The summed E-state index contributed by atoms with van der Waals surface area (Å²) in [4.78, 5) is 5.37. The third kappa shape index (κ3) is 2.73. The molecule has 0 aliphatic heterocycles. The van der Waals surface area contributed by atoms with Gasteiger partial charge < -0.3 is 4.74 Å². The van der Waals surface area contributed by atoms with Gasteiger partial charge in [-0.15, -0.1) is 0 Å². The number of halogens is 1. The molecule has 0 amide bonds. The molecule has 2 aromatic rings. The maximum Gasteiger partial charge on any atom is 0.230 e. The minimum Gasteiger partial charge on any atom is -0.480 e. The number of methoxy groups -OCH3 is 1. The van der Waals surface area contributed by atoms with Crippen LogP contribution in [0.4, 0.5) is 0 Å². The number of aromatic nitrogens is 1. The molecule has 17 heavy (non-hydrogen) atoms. The maximum absolute atomic E-state index is 12.3. The Hall–Kier alpha value is -1.20. The van der Waals surface area contributed by atoms with Crippen LogP contribution in [-0.4, -0.2) is 16.3 Å². The number of hydrogen-bond acceptors (Lipinski definition) is 3. The second-order valence-electron chi connectivity index (χ2n) is 3.24. The van der Waals surface area contributed by atoms with Crippen LogP contribution in [0.1, 0.15) is 0 Å². The number of hydrogen-bond donors (Lipinski definition) is 0. The van der Waals surface area contributed by atoms with Crippen LogP contribution >= 0.6 is 15.9 Å². The van der Waals surface area contributed by atoms with Crippen molar-refractivity contribution in [2.45, 2.75) is 9.79 Å². The molecule has 2 rings (SSSR count). The third-order valence-corrected chi connectivity index (χ3v) is 3.96. The van der Waals surface area contributed by atoms with Crippen LogP contribution in [-0.2, 0) is 10.8 Å². The van der Waals surface area contributed by atoms with Gasteiger partial charge in [-0.1, -0.05) is 18.2 Å².